The number of halogens is 2. The largest absolute Gasteiger partial charge is 0.459 e. The summed E-state index contributed by atoms with van der Waals surface area (Å²) in [4.78, 5) is 26.3. The van der Waals surface area contributed by atoms with Gasteiger partial charge in [-0.3, -0.25) is 4.79 Å². The average Bonchev–Trinajstić information content (AvgIpc) is 2.77. The zero-order valence-electron chi connectivity index (χ0n) is 16.6. The van der Waals surface area contributed by atoms with E-state index < -0.39 is 13.3 Å². The molecule has 0 radical (unpaired) electrons. The van der Waals surface area contributed by atoms with Crippen molar-refractivity contribution in [3.8, 4) is 0 Å². The molecule has 0 saturated heterocycles. The third kappa shape index (κ3) is 4.25. The summed E-state index contributed by atoms with van der Waals surface area (Å²) < 4.78 is 13.5. The normalized spacial score (nSPS) is 11.3. The molecule has 152 valence electrons. The summed E-state index contributed by atoms with van der Waals surface area (Å²) in [6, 6.07) is 17.2. The summed E-state index contributed by atoms with van der Waals surface area (Å²) in [7, 11) is -2.52. The van der Waals surface area contributed by atoms with E-state index in [1.165, 1.54) is 0 Å². The number of ketones is 1. The van der Waals surface area contributed by atoms with E-state index in [-0.39, 0.29) is 21.4 Å². The lowest BCUT2D eigenvalue weighted by atomic mass is 9.94. The third-order valence-corrected chi connectivity index (χ3v) is 7.13. The monoisotopic (exact) mass is 457 g/mol. The Balaban J connectivity index is 2.17. The second-order valence-electron chi connectivity index (χ2n) is 6.70. The van der Waals surface area contributed by atoms with Crippen molar-refractivity contribution in [2.24, 2.45) is 0 Å². The number of carbonyl (C=O) groups excluding carboxylic acids is 2. The van der Waals surface area contributed by atoms with Crippen LogP contribution in [0.4, 0.5) is 0 Å². The standard InChI is InChI=1S/C24H20Cl2O3P/c1-3-15-13-14-18(22(27)16-9-6-5-7-10-16)17(4-2)23(15)30(29)24(28)21-19(25)11-8-12-20(21)26/h5-14H,3-4H2,1-2H3/q+1. The van der Waals surface area contributed by atoms with Crippen LogP contribution in [-0.4, -0.2) is 11.3 Å². The van der Waals surface area contributed by atoms with Gasteiger partial charge in [-0.2, -0.15) is 0 Å². The molecule has 0 amide bonds. The summed E-state index contributed by atoms with van der Waals surface area (Å²) in [5.74, 6) is -0.164. The fourth-order valence-corrected chi connectivity index (χ4v) is 5.81. The molecule has 3 rings (SSSR count). The molecule has 0 aromatic heterocycles. The molecule has 3 aromatic carbocycles. The molecule has 0 bridgehead atoms. The average molecular weight is 458 g/mol. The first-order chi connectivity index (χ1) is 14.4. The summed E-state index contributed by atoms with van der Waals surface area (Å²) in [5, 5.41) is 0.727. The van der Waals surface area contributed by atoms with Crippen molar-refractivity contribution in [3.05, 3.63) is 98.5 Å². The van der Waals surface area contributed by atoms with Gasteiger partial charge in [0.25, 0.3) is 0 Å². The number of carbonyl (C=O) groups is 2. The van der Waals surface area contributed by atoms with E-state index in [4.69, 9.17) is 23.2 Å². The first kappa shape index (κ1) is 22.4. The van der Waals surface area contributed by atoms with Gasteiger partial charge in [-0.05, 0) is 25.0 Å². The Morgan fingerprint density at radius 2 is 1.47 bits per heavy atom. The van der Waals surface area contributed by atoms with Crippen LogP contribution in [-0.2, 0) is 17.4 Å². The molecule has 0 fully saturated rings. The van der Waals surface area contributed by atoms with Gasteiger partial charge in [-0.25, -0.2) is 4.79 Å². The number of hydrogen-bond acceptors (Lipinski definition) is 3. The molecule has 6 heteroatoms. The van der Waals surface area contributed by atoms with E-state index in [2.05, 4.69) is 0 Å². The summed E-state index contributed by atoms with van der Waals surface area (Å²) in [5.41, 5.74) is 1.81. The highest BCUT2D eigenvalue weighted by atomic mass is 35.5. The van der Waals surface area contributed by atoms with Crippen LogP contribution in [0.25, 0.3) is 0 Å². The van der Waals surface area contributed by atoms with Crippen LogP contribution >= 0.6 is 31.0 Å². The zero-order chi connectivity index (χ0) is 21.8. The Morgan fingerprint density at radius 1 is 0.833 bits per heavy atom. The number of benzene rings is 3. The van der Waals surface area contributed by atoms with Crippen molar-refractivity contribution >= 4 is 47.6 Å². The van der Waals surface area contributed by atoms with Gasteiger partial charge >= 0.3 is 13.3 Å². The minimum absolute atomic E-state index is 0.0471. The van der Waals surface area contributed by atoms with Crippen molar-refractivity contribution in [2.45, 2.75) is 26.7 Å². The lowest BCUT2D eigenvalue weighted by molar-refractivity contribution is 0.103. The first-order valence-corrected chi connectivity index (χ1v) is 11.6. The predicted molar refractivity (Wildman–Crippen MR) is 123 cm³/mol. The Kier molecular flexibility index (Phi) is 7.20. The highest BCUT2D eigenvalue weighted by Gasteiger charge is 2.40. The van der Waals surface area contributed by atoms with Crippen LogP contribution < -0.4 is 5.30 Å². The van der Waals surface area contributed by atoms with Gasteiger partial charge in [-0.15, -0.1) is 0 Å². The molecule has 0 spiro atoms. The molecule has 30 heavy (non-hydrogen) atoms. The number of rotatable bonds is 7. The zero-order valence-corrected chi connectivity index (χ0v) is 19.0. The van der Waals surface area contributed by atoms with Gasteiger partial charge in [0.2, 0.25) is 5.30 Å². The summed E-state index contributed by atoms with van der Waals surface area (Å²) in [6.45, 7) is 3.81. The topological polar surface area (TPSA) is 51.2 Å². The van der Waals surface area contributed by atoms with E-state index in [0.717, 1.165) is 5.56 Å². The van der Waals surface area contributed by atoms with E-state index >= 15 is 0 Å². The maximum Gasteiger partial charge on any atom is 0.459 e. The quantitative estimate of drug-likeness (QED) is 0.295. The molecule has 0 saturated carbocycles. The van der Waals surface area contributed by atoms with E-state index in [9.17, 15) is 14.2 Å². The molecule has 0 heterocycles. The second-order valence-corrected chi connectivity index (χ2v) is 8.95. The lowest BCUT2D eigenvalue weighted by Gasteiger charge is -2.11. The number of aryl methyl sites for hydroxylation is 1. The molecule has 0 aliphatic heterocycles. The van der Waals surface area contributed by atoms with Crippen LogP contribution in [0.5, 0.6) is 0 Å². The SMILES string of the molecule is CCc1ccc(C(=O)c2ccccc2)c(CC)c1[P+](=O)C(=O)c1c(Cl)cccc1Cl. The first-order valence-electron chi connectivity index (χ1n) is 9.60. The van der Waals surface area contributed by atoms with Crippen molar-refractivity contribution in [1.82, 2.24) is 0 Å². The Labute approximate surface area is 186 Å². The Hall–Kier alpha value is -2.32. The second kappa shape index (κ2) is 9.66. The van der Waals surface area contributed by atoms with Crippen LogP contribution in [0.3, 0.4) is 0 Å². The summed E-state index contributed by atoms with van der Waals surface area (Å²) >= 11 is 12.4. The van der Waals surface area contributed by atoms with Crippen molar-refractivity contribution in [2.75, 3.05) is 0 Å². The maximum atomic E-state index is 13.5. The maximum absolute atomic E-state index is 13.5. The van der Waals surface area contributed by atoms with Crippen molar-refractivity contribution < 1.29 is 14.2 Å². The van der Waals surface area contributed by atoms with Gasteiger partial charge < -0.3 is 0 Å². The Bertz CT molecular complexity index is 1120. The van der Waals surface area contributed by atoms with Gasteiger partial charge in [-0.1, -0.05) is 90.1 Å². The smallest absolute Gasteiger partial charge is 0.289 e. The lowest BCUT2D eigenvalue weighted by Crippen LogP contribution is -2.20. The predicted octanol–water partition coefficient (Wildman–Crippen LogP) is 6.64. The number of hydrogen-bond donors (Lipinski definition) is 0. The highest BCUT2D eigenvalue weighted by Crippen LogP contribution is 2.37. The molecule has 3 aromatic rings. The van der Waals surface area contributed by atoms with Crippen molar-refractivity contribution in [3.63, 3.8) is 0 Å². The fraction of sp³-hybridized carbons (Fsp3) is 0.167. The van der Waals surface area contributed by atoms with Crippen LogP contribution in [0, 0.1) is 0 Å². The van der Waals surface area contributed by atoms with Gasteiger partial charge in [0.1, 0.15) is 5.56 Å². The fourth-order valence-electron chi connectivity index (χ4n) is 3.44. The molecule has 3 nitrogen and oxygen atoms in total. The van der Waals surface area contributed by atoms with Gasteiger partial charge in [0.15, 0.2) is 5.78 Å². The Morgan fingerprint density at radius 3 is 2.03 bits per heavy atom. The van der Waals surface area contributed by atoms with E-state index in [0.29, 0.717) is 34.8 Å². The van der Waals surface area contributed by atoms with Crippen LogP contribution in [0.1, 0.15) is 51.3 Å². The minimum Gasteiger partial charge on any atom is -0.289 e. The van der Waals surface area contributed by atoms with Crippen molar-refractivity contribution in [1.29, 1.82) is 0 Å². The van der Waals surface area contributed by atoms with E-state index in [1.807, 2.05) is 19.9 Å². The molecule has 0 aliphatic carbocycles. The molecular formula is C24H20Cl2O3P+. The van der Waals surface area contributed by atoms with Gasteiger partial charge in [0.05, 0.1) is 10.0 Å². The molecular weight excluding hydrogens is 438 g/mol. The van der Waals surface area contributed by atoms with Crippen LogP contribution in [0.2, 0.25) is 10.0 Å². The molecule has 0 N–H and O–H groups in total. The third-order valence-electron chi connectivity index (χ3n) is 4.95. The van der Waals surface area contributed by atoms with E-state index in [1.54, 1.807) is 54.6 Å². The van der Waals surface area contributed by atoms with Gasteiger partial charge in [0, 0.05) is 22.3 Å². The minimum atomic E-state index is -2.52. The molecule has 1 unspecified atom stereocenters. The molecule has 1 atom stereocenters. The summed E-state index contributed by atoms with van der Waals surface area (Å²) in [6.07, 6.45) is 1.04. The highest BCUT2D eigenvalue weighted by molar-refractivity contribution is 7.71. The van der Waals surface area contributed by atoms with Crippen LogP contribution in [0.15, 0.2) is 60.7 Å². The molecule has 0 aliphatic rings.